The lowest BCUT2D eigenvalue weighted by Crippen LogP contribution is -2.65. The third kappa shape index (κ3) is 8.89. The van der Waals surface area contributed by atoms with Crippen LogP contribution in [-0.4, -0.2) is 79.3 Å². The first-order valence-electron chi connectivity index (χ1n) is 11.2. The predicted octanol–water partition coefficient (Wildman–Crippen LogP) is 1.99. The molecule has 1 amide bonds. The summed E-state index contributed by atoms with van der Waals surface area (Å²) >= 11 is 0. The van der Waals surface area contributed by atoms with Gasteiger partial charge in [0.1, 0.15) is 35.6 Å². The molecule has 204 valence electrons. The smallest absolute Gasteiger partial charge is 0.444 e. The second-order valence-electron chi connectivity index (χ2n) is 10.3. The lowest BCUT2D eigenvalue weighted by atomic mass is 9.97. The summed E-state index contributed by atoms with van der Waals surface area (Å²) < 4.78 is 51.1. The van der Waals surface area contributed by atoms with Gasteiger partial charge >= 0.3 is 12.2 Å². The molecule has 0 radical (unpaired) electrons. The summed E-state index contributed by atoms with van der Waals surface area (Å²) in [5, 5.41) is 23.6. The first-order valence-corrected chi connectivity index (χ1v) is 12.7. The van der Waals surface area contributed by atoms with Crippen LogP contribution in [0.4, 0.5) is 9.59 Å². The van der Waals surface area contributed by atoms with Gasteiger partial charge in [0.15, 0.2) is 0 Å². The Hall–Kier alpha value is -2.45. The molecular weight excluding hydrogens is 498 g/mol. The summed E-state index contributed by atoms with van der Waals surface area (Å²) in [6.07, 6.45) is -8.77. The molecule has 1 heterocycles. The molecule has 0 saturated carbocycles. The molecular formula is C23H35NO11S. The van der Waals surface area contributed by atoms with Crippen molar-refractivity contribution in [2.45, 2.75) is 95.2 Å². The predicted molar refractivity (Wildman–Crippen MR) is 125 cm³/mol. The van der Waals surface area contributed by atoms with Crippen LogP contribution in [0.15, 0.2) is 29.2 Å². The molecule has 0 unspecified atom stereocenters. The molecule has 1 aliphatic heterocycles. The Labute approximate surface area is 210 Å². The molecule has 0 bridgehead atoms. The average Bonchev–Trinajstić information content (AvgIpc) is 2.70. The van der Waals surface area contributed by atoms with Crippen molar-refractivity contribution in [2.24, 2.45) is 0 Å². The summed E-state index contributed by atoms with van der Waals surface area (Å²) in [6, 6.07) is 4.40. The Kier molecular flexibility index (Phi) is 9.35. The zero-order valence-corrected chi connectivity index (χ0v) is 22.2. The summed E-state index contributed by atoms with van der Waals surface area (Å²) in [5.41, 5.74) is -0.970. The normalized spacial score (nSPS) is 25.1. The first-order chi connectivity index (χ1) is 16.4. The van der Waals surface area contributed by atoms with Gasteiger partial charge in [0.2, 0.25) is 6.29 Å². The topological polar surface area (TPSA) is 167 Å². The number of rotatable bonds is 6. The molecule has 36 heavy (non-hydrogen) atoms. The molecule has 0 aromatic heterocycles. The van der Waals surface area contributed by atoms with Gasteiger partial charge in [-0.2, -0.15) is 8.42 Å². The Balaban J connectivity index is 2.21. The second kappa shape index (κ2) is 11.3. The van der Waals surface area contributed by atoms with E-state index in [4.69, 9.17) is 23.1 Å². The molecule has 1 aliphatic rings. The number of carbonyl (C=O) groups excluding carboxylic acids is 2. The summed E-state index contributed by atoms with van der Waals surface area (Å²) in [5.74, 6) is 0. The van der Waals surface area contributed by atoms with Crippen LogP contribution in [0.5, 0.6) is 0 Å². The number of ether oxygens (including phenoxy) is 4. The van der Waals surface area contributed by atoms with Gasteiger partial charge in [-0.05, 0) is 60.6 Å². The number of aryl methyl sites for hydroxylation is 1. The lowest BCUT2D eigenvalue weighted by Gasteiger charge is -2.42. The highest BCUT2D eigenvalue weighted by Crippen LogP contribution is 2.25. The van der Waals surface area contributed by atoms with Crippen molar-refractivity contribution in [3.8, 4) is 0 Å². The van der Waals surface area contributed by atoms with Gasteiger partial charge in [-0.3, -0.25) is 4.18 Å². The van der Waals surface area contributed by atoms with Crippen molar-refractivity contribution in [1.82, 2.24) is 5.32 Å². The van der Waals surface area contributed by atoms with Gasteiger partial charge in [-0.1, -0.05) is 17.7 Å². The Bertz CT molecular complexity index is 1010. The largest absolute Gasteiger partial charge is 0.511 e. The number of hydrogen-bond donors (Lipinski definition) is 3. The minimum absolute atomic E-state index is 0.120. The minimum atomic E-state index is -4.23. The first kappa shape index (κ1) is 29.8. The van der Waals surface area contributed by atoms with Gasteiger partial charge in [-0.15, -0.1) is 0 Å². The quantitative estimate of drug-likeness (QED) is 0.361. The van der Waals surface area contributed by atoms with E-state index in [1.54, 1.807) is 60.6 Å². The standard InChI is InChI=1S/C23H35NO11S/c1-13-8-10-14(11-9-13)36(29,30)31-12-15-17(25)18(26)16(24-20(27)34-22(2,3)4)19(32-15)33-21(28)35-23(5,6)7/h8-11,15-19,25-26H,12H2,1-7H3,(H,24,27)/t15-,16-,17-,18-,19+/m1/s1. The van der Waals surface area contributed by atoms with E-state index in [-0.39, 0.29) is 4.90 Å². The van der Waals surface area contributed by atoms with Crippen LogP contribution < -0.4 is 5.32 Å². The summed E-state index contributed by atoms with van der Waals surface area (Å²) in [4.78, 5) is 24.5. The van der Waals surface area contributed by atoms with Crippen LogP contribution in [0.2, 0.25) is 0 Å². The monoisotopic (exact) mass is 533 g/mol. The molecule has 5 atom stereocenters. The Morgan fingerprint density at radius 2 is 1.53 bits per heavy atom. The molecule has 0 aliphatic carbocycles. The zero-order chi connectivity index (χ0) is 27.5. The average molecular weight is 534 g/mol. The van der Waals surface area contributed by atoms with Crippen LogP contribution in [-0.2, 0) is 33.2 Å². The second-order valence-corrected chi connectivity index (χ2v) is 11.9. The van der Waals surface area contributed by atoms with E-state index in [1.807, 2.05) is 0 Å². The number of aliphatic hydroxyl groups is 2. The van der Waals surface area contributed by atoms with Gasteiger partial charge in [0.05, 0.1) is 11.5 Å². The lowest BCUT2D eigenvalue weighted by molar-refractivity contribution is -0.256. The molecule has 1 saturated heterocycles. The Morgan fingerprint density at radius 1 is 0.972 bits per heavy atom. The summed E-state index contributed by atoms with van der Waals surface area (Å²) in [7, 11) is -4.23. The highest BCUT2D eigenvalue weighted by Gasteiger charge is 2.48. The molecule has 2 rings (SSSR count). The minimum Gasteiger partial charge on any atom is -0.444 e. The van der Waals surface area contributed by atoms with E-state index in [2.05, 4.69) is 5.32 Å². The fourth-order valence-electron chi connectivity index (χ4n) is 3.07. The number of hydrogen-bond acceptors (Lipinski definition) is 11. The van der Waals surface area contributed by atoms with Crippen LogP contribution in [0.3, 0.4) is 0 Å². The van der Waals surface area contributed by atoms with E-state index in [1.165, 1.54) is 12.1 Å². The maximum atomic E-state index is 12.5. The van der Waals surface area contributed by atoms with E-state index >= 15 is 0 Å². The van der Waals surface area contributed by atoms with Crippen molar-refractivity contribution < 1.29 is 51.4 Å². The van der Waals surface area contributed by atoms with E-state index in [0.29, 0.717) is 0 Å². The molecule has 3 N–H and O–H groups in total. The molecule has 1 aromatic rings. The number of nitrogens with one attached hydrogen (secondary N) is 1. The van der Waals surface area contributed by atoms with Crippen LogP contribution in [0.1, 0.15) is 47.1 Å². The SMILES string of the molecule is Cc1ccc(S(=O)(=O)OC[C@H]2O[C@@H](OC(=O)OC(C)(C)C)[C@H](NC(=O)OC(C)(C)C)[C@@H](O)[C@@H]2O)cc1. The third-order valence-corrected chi connectivity index (χ3v) is 5.98. The van der Waals surface area contributed by atoms with Crippen molar-refractivity contribution in [3.05, 3.63) is 29.8 Å². The van der Waals surface area contributed by atoms with Crippen molar-refractivity contribution in [3.63, 3.8) is 0 Å². The highest BCUT2D eigenvalue weighted by atomic mass is 32.2. The molecule has 12 nitrogen and oxygen atoms in total. The van der Waals surface area contributed by atoms with Crippen LogP contribution in [0, 0.1) is 6.92 Å². The number of amides is 1. The van der Waals surface area contributed by atoms with Crippen molar-refractivity contribution in [2.75, 3.05) is 6.61 Å². The molecule has 1 aromatic carbocycles. The number of alkyl carbamates (subject to hydrolysis) is 1. The van der Waals surface area contributed by atoms with Gasteiger partial charge in [0.25, 0.3) is 10.1 Å². The maximum Gasteiger partial charge on any atom is 0.511 e. The third-order valence-electron chi connectivity index (χ3n) is 4.68. The van der Waals surface area contributed by atoms with Crippen molar-refractivity contribution in [1.29, 1.82) is 0 Å². The number of aliphatic hydroxyl groups excluding tert-OH is 2. The van der Waals surface area contributed by atoms with E-state index in [9.17, 15) is 28.2 Å². The van der Waals surface area contributed by atoms with Crippen LogP contribution >= 0.6 is 0 Å². The van der Waals surface area contributed by atoms with Crippen molar-refractivity contribution >= 4 is 22.4 Å². The van der Waals surface area contributed by atoms with Gasteiger partial charge in [-0.25, -0.2) is 9.59 Å². The molecule has 0 spiro atoms. The maximum absolute atomic E-state index is 12.5. The summed E-state index contributed by atoms with van der Waals surface area (Å²) in [6.45, 7) is 10.7. The zero-order valence-electron chi connectivity index (χ0n) is 21.4. The molecule has 1 fully saturated rings. The Morgan fingerprint density at radius 3 is 2.06 bits per heavy atom. The van der Waals surface area contributed by atoms with E-state index in [0.717, 1.165) is 5.56 Å². The molecule has 13 heteroatoms. The fourth-order valence-corrected chi connectivity index (χ4v) is 3.98. The van der Waals surface area contributed by atoms with Crippen LogP contribution in [0.25, 0.3) is 0 Å². The van der Waals surface area contributed by atoms with Gasteiger partial charge < -0.3 is 34.5 Å². The van der Waals surface area contributed by atoms with E-state index < -0.39 is 70.8 Å². The number of carbonyl (C=O) groups is 2. The van der Waals surface area contributed by atoms with Gasteiger partial charge in [0, 0.05) is 0 Å². The highest BCUT2D eigenvalue weighted by molar-refractivity contribution is 7.86. The fraction of sp³-hybridized carbons (Fsp3) is 0.652. The number of benzene rings is 1.